The standard InChI is InChI=1S/C15H32N2.BrH/c1-16(12-6-7-13-16)10-4-3-5-11-17(2)14-8-9-15-17;/h3-15H2,1-2H3;1H/q+2;/p-1. The van der Waals surface area contributed by atoms with Gasteiger partial charge in [-0.25, -0.2) is 0 Å². The molecule has 0 saturated carbocycles. The van der Waals surface area contributed by atoms with Gasteiger partial charge in [0.25, 0.3) is 0 Å². The lowest BCUT2D eigenvalue weighted by Gasteiger charge is -2.30. The van der Waals surface area contributed by atoms with E-state index in [1.165, 1.54) is 93.2 Å². The monoisotopic (exact) mass is 319 g/mol. The van der Waals surface area contributed by atoms with Gasteiger partial charge in [-0.1, -0.05) is 0 Å². The Hall–Kier alpha value is 0.400. The second-order valence-electron chi connectivity index (χ2n) is 7.06. The molecular weight excluding hydrogens is 288 g/mol. The molecule has 0 aromatic rings. The molecule has 2 fully saturated rings. The number of quaternary nitrogens is 2. The first-order valence-corrected chi connectivity index (χ1v) is 7.79. The van der Waals surface area contributed by atoms with E-state index in [4.69, 9.17) is 0 Å². The van der Waals surface area contributed by atoms with Gasteiger partial charge >= 0.3 is 0 Å². The predicted octanol–water partition coefficient (Wildman–Crippen LogP) is -0.358. The van der Waals surface area contributed by atoms with Crippen molar-refractivity contribution in [2.75, 3.05) is 53.4 Å². The summed E-state index contributed by atoms with van der Waals surface area (Å²) in [4.78, 5) is 0. The highest BCUT2D eigenvalue weighted by atomic mass is 79.9. The molecule has 0 spiro atoms. The molecule has 18 heavy (non-hydrogen) atoms. The molecule has 0 aliphatic carbocycles. The number of rotatable bonds is 6. The van der Waals surface area contributed by atoms with Gasteiger partial charge in [-0.3, -0.25) is 0 Å². The summed E-state index contributed by atoms with van der Waals surface area (Å²) in [5.74, 6) is 0. The summed E-state index contributed by atoms with van der Waals surface area (Å²) in [5.41, 5.74) is 0. The van der Waals surface area contributed by atoms with Crippen LogP contribution in [0, 0.1) is 0 Å². The van der Waals surface area contributed by atoms with Gasteiger partial charge < -0.3 is 25.9 Å². The van der Waals surface area contributed by atoms with Crippen LogP contribution in [-0.2, 0) is 0 Å². The van der Waals surface area contributed by atoms with Gasteiger partial charge in [0.2, 0.25) is 0 Å². The first kappa shape index (κ1) is 16.5. The molecular formula is C15H32BrN2+. The summed E-state index contributed by atoms with van der Waals surface area (Å²) < 4.78 is 2.73. The van der Waals surface area contributed by atoms with E-state index >= 15 is 0 Å². The lowest BCUT2D eigenvalue weighted by molar-refractivity contribution is -0.899. The third kappa shape index (κ3) is 4.82. The van der Waals surface area contributed by atoms with Crippen LogP contribution in [0.1, 0.15) is 44.9 Å². The smallest absolute Gasteiger partial charge is 0.0786 e. The van der Waals surface area contributed by atoms with E-state index in [9.17, 15) is 0 Å². The number of hydrogen-bond acceptors (Lipinski definition) is 0. The zero-order chi connectivity index (χ0) is 12.2. The third-order valence-corrected chi connectivity index (χ3v) is 5.19. The summed E-state index contributed by atoms with van der Waals surface area (Å²) in [7, 11) is 4.92. The molecule has 0 unspecified atom stereocenters. The molecule has 2 aliphatic heterocycles. The van der Waals surface area contributed by atoms with Crippen LogP contribution in [0.3, 0.4) is 0 Å². The van der Waals surface area contributed by atoms with E-state index < -0.39 is 0 Å². The van der Waals surface area contributed by atoms with Crippen molar-refractivity contribution in [3.8, 4) is 0 Å². The fourth-order valence-electron chi connectivity index (χ4n) is 3.81. The topological polar surface area (TPSA) is 0 Å². The lowest BCUT2D eigenvalue weighted by atomic mass is 10.2. The molecule has 2 saturated heterocycles. The van der Waals surface area contributed by atoms with Gasteiger partial charge in [0.05, 0.1) is 53.4 Å². The summed E-state index contributed by atoms with van der Waals surface area (Å²) in [6, 6.07) is 0. The van der Waals surface area contributed by atoms with E-state index in [2.05, 4.69) is 14.1 Å². The van der Waals surface area contributed by atoms with Crippen LogP contribution in [0.5, 0.6) is 0 Å². The van der Waals surface area contributed by atoms with Crippen molar-refractivity contribution in [3.63, 3.8) is 0 Å². The van der Waals surface area contributed by atoms with Crippen LogP contribution >= 0.6 is 0 Å². The van der Waals surface area contributed by atoms with Crippen molar-refractivity contribution in [3.05, 3.63) is 0 Å². The number of unbranched alkanes of at least 4 members (excludes halogenated alkanes) is 2. The Labute approximate surface area is 124 Å². The third-order valence-electron chi connectivity index (χ3n) is 5.19. The molecule has 0 bridgehead atoms. The minimum atomic E-state index is 0. The molecule has 3 heteroatoms. The normalized spacial score (nSPS) is 25.0. The first-order chi connectivity index (χ1) is 8.12. The molecule has 0 radical (unpaired) electrons. The molecule has 2 nitrogen and oxygen atoms in total. The second kappa shape index (κ2) is 7.25. The first-order valence-electron chi connectivity index (χ1n) is 7.79. The van der Waals surface area contributed by atoms with Gasteiger partial charge in [0, 0.05) is 25.7 Å². The summed E-state index contributed by atoms with van der Waals surface area (Å²) in [6.45, 7) is 8.62. The molecule has 0 aromatic heterocycles. The number of likely N-dealkylation sites (tertiary alicyclic amines) is 2. The van der Waals surface area contributed by atoms with Crippen LogP contribution in [0.25, 0.3) is 0 Å². The van der Waals surface area contributed by atoms with Crippen LogP contribution in [0.4, 0.5) is 0 Å². The minimum Gasteiger partial charge on any atom is -1.00 e. The zero-order valence-electron chi connectivity index (χ0n) is 12.5. The van der Waals surface area contributed by atoms with Crippen LogP contribution < -0.4 is 17.0 Å². The average Bonchev–Trinajstić information content (AvgIpc) is 2.89. The number of halogens is 1. The van der Waals surface area contributed by atoms with E-state index in [0.29, 0.717) is 0 Å². The van der Waals surface area contributed by atoms with Gasteiger partial charge in [-0.2, -0.15) is 0 Å². The number of hydrogen-bond donors (Lipinski definition) is 0. The number of nitrogens with zero attached hydrogens (tertiary/aromatic N) is 2. The highest BCUT2D eigenvalue weighted by molar-refractivity contribution is 4.54. The highest BCUT2D eigenvalue weighted by Gasteiger charge is 2.27. The Morgan fingerprint density at radius 2 is 0.944 bits per heavy atom. The van der Waals surface area contributed by atoms with Crippen molar-refractivity contribution >= 4 is 0 Å². The lowest BCUT2D eigenvalue weighted by Crippen LogP contribution is -3.00. The van der Waals surface area contributed by atoms with Crippen LogP contribution in [-0.4, -0.2) is 62.3 Å². The molecule has 0 N–H and O–H groups in total. The van der Waals surface area contributed by atoms with Crippen molar-refractivity contribution < 1.29 is 25.9 Å². The SMILES string of the molecule is C[N+]1(CCCCC[N+]2(C)CCCC2)CCCC1.[Br-]. The molecule has 0 atom stereocenters. The van der Waals surface area contributed by atoms with Crippen molar-refractivity contribution in [1.82, 2.24) is 0 Å². The fourth-order valence-corrected chi connectivity index (χ4v) is 3.81. The van der Waals surface area contributed by atoms with Gasteiger partial charge in [0.15, 0.2) is 0 Å². The Balaban J connectivity index is 0.00000162. The summed E-state index contributed by atoms with van der Waals surface area (Å²) in [5, 5.41) is 0. The molecule has 2 aliphatic rings. The summed E-state index contributed by atoms with van der Waals surface area (Å²) >= 11 is 0. The fraction of sp³-hybridized carbons (Fsp3) is 1.00. The van der Waals surface area contributed by atoms with Gasteiger partial charge in [-0.15, -0.1) is 0 Å². The minimum absolute atomic E-state index is 0. The zero-order valence-corrected chi connectivity index (χ0v) is 14.1. The quantitative estimate of drug-likeness (QED) is 0.463. The maximum Gasteiger partial charge on any atom is 0.0786 e. The van der Waals surface area contributed by atoms with E-state index in [1.54, 1.807) is 0 Å². The van der Waals surface area contributed by atoms with Crippen molar-refractivity contribution in [1.29, 1.82) is 0 Å². The van der Waals surface area contributed by atoms with Crippen molar-refractivity contribution in [2.45, 2.75) is 44.9 Å². The Bertz CT molecular complexity index is 207. The van der Waals surface area contributed by atoms with Gasteiger partial charge in [0.1, 0.15) is 0 Å². The molecule has 108 valence electrons. The Morgan fingerprint density at radius 3 is 1.28 bits per heavy atom. The second-order valence-corrected chi connectivity index (χ2v) is 7.06. The van der Waals surface area contributed by atoms with E-state index in [-0.39, 0.29) is 17.0 Å². The Kier molecular flexibility index (Phi) is 6.63. The van der Waals surface area contributed by atoms with Crippen LogP contribution in [0.2, 0.25) is 0 Å². The molecule has 0 amide bonds. The maximum atomic E-state index is 2.46. The summed E-state index contributed by atoms with van der Waals surface area (Å²) in [6.07, 6.45) is 10.2. The maximum absolute atomic E-state index is 2.46. The molecule has 2 heterocycles. The van der Waals surface area contributed by atoms with E-state index in [0.717, 1.165) is 0 Å². The largest absolute Gasteiger partial charge is 1.00 e. The Morgan fingerprint density at radius 1 is 0.611 bits per heavy atom. The van der Waals surface area contributed by atoms with Crippen LogP contribution in [0.15, 0.2) is 0 Å². The molecule has 2 rings (SSSR count). The highest BCUT2D eigenvalue weighted by Crippen LogP contribution is 2.19. The van der Waals surface area contributed by atoms with Gasteiger partial charge in [-0.05, 0) is 19.3 Å². The van der Waals surface area contributed by atoms with Crippen molar-refractivity contribution in [2.24, 2.45) is 0 Å². The predicted molar refractivity (Wildman–Crippen MR) is 73.9 cm³/mol. The van der Waals surface area contributed by atoms with E-state index in [1.807, 2.05) is 0 Å². The average molecular weight is 320 g/mol. The molecule has 0 aromatic carbocycles.